The predicted octanol–water partition coefficient (Wildman–Crippen LogP) is -14.2. The van der Waals surface area contributed by atoms with Gasteiger partial charge in [-0.1, -0.05) is 0 Å². The molecule has 0 aliphatic carbocycles. The molecule has 1 saturated heterocycles. The molecule has 100 valence electrons. The first-order valence-corrected chi connectivity index (χ1v) is 12.1. The summed E-state index contributed by atoms with van der Waals surface area (Å²) in [4.78, 5) is 23.3. The smallest absolute Gasteiger partial charge is 0.870 e. The molecular formula is C4H14K4O8Si4-2. The van der Waals surface area contributed by atoms with Crippen LogP contribution in [0, 0.1) is 0 Å². The molecule has 1 heterocycles. The van der Waals surface area contributed by atoms with Gasteiger partial charge < -0.3 is 37.0 Å². The summed E-state index contributed by atoms with van der Waals surface area (Å²) in [7, 11) is -10.4. The van der Waals surface area contributed by atoms with Gasteiger partial charge >= 0.3 is 206 Å². The fourth-order valence-electron chi connectivity index (χ4n) is 1.14. The molecule has 0 aromatic heterocycles. The molecule has 0 saturated carbocycles. The van der Waals surface area contributed by atoms with Gasteiger partial charge in [-0.3, -0.25) is 0 Å². The standard InChI is InChI=1S/C4H12O6Si4.4K.2H2O/c1-11-7-12(2)9-14(4,6)10-13(3,5)8-11;;;;;;/h1-4H3;;;;;2*1H2/q-4;4*+1;;/p-2. The molecule has 2 N–H and O–H groups in total. The van der Waals surface area contributed by atoms with E-state index in [1.54, 1.807) is 13.1 Å². The van der Waals surface area contributed by atoms with Crippen molar-refractivity contribution in [3.8, 4) is 0 Å². The Morgan fingerprint density at radius 3 is 1.25 bits per heavy atom. The minimum absolute atomic E-state index is 0. The molecule has 0 aromatic rings. The molecule has 1 fully saturated rings. The first-order chi connectivity index (χ1) is 6.20. The molecule has 1 aliphatic heterocycles. The van der Waals surface area contributed by atoms with Gasteiger partial charge in [0.05, 0.1) is 0 Å². The largest absolute Gasteiger partial charge is 1.00 e. The SMILES string of the molecule is C[Si-]1O[Si-](C)O[Si](C)([O-])O[Si](C)([O-])O1.[K+].[K+].[K+].[K+].[OH-].[OH-]. The third kappa shape index (κ3) is 19.8. The summed E-state index contributed by atoms with van der Waals surface area (Å²) < 4.78 is 20.4. The van der Waals surface area contributed by atoms with Crippen molar-refractivity contribution in [1.82, 2.24) is 0 Å². The van der Waals surface area contributed by atoms with Crippen LogP contribution in [0.4, 0.5) is 0 Å². The number of hydrogen-bond acceptors (Lipinski definition) is 8. The Balaban J connectivity index is -0.0000000817. The summed E-state index contributed by atoms with van der Waals surface area (Å²) in [6.45, 7) is 5.99. The second-order valence-corrected chi connectivity index (χ2v) is 11.8. The molecule has 1 rings (SSSR count). The first kappa shape index (κ1) is 41.5. The van der Waals surface area contributed by atoms with Gasteiger partial charge in [-0.05, 0) is 31.7 Å². The van der Waals surface area contributed by atoms with Gasteiger partial charge in [-0.25, -0.2) is 0 Å². The Bertz CT molecular complexity index is 207. The van der Waals surface area contributed by atoms with E-state index in [9.17, 15) is 9.59 Å². The molecule has 16 heteroatoms. The maximum atomic E-state index is 11.6. The summed E-state index contributed by atoms with van der Waals surface area (Å²) in [5, 5.41) is 0. The molecule has 0 radical (unpaired) electrons. The van der Waals surface area contributed by atoms with Crippen molar-refractivity contribution in [3.63, 3.8) is 0 Å². The van der Waals surface area contributed by atoms with Gasteiger partial charge in [-0.2, -0.15) is 0 Å². The molecule has 0 bridgehead atoms. The van der Waals surface area contributed by atoms with Crippen LogP contribution < -0.4 is 215 Å². The van der Waals surface area contributed by atoms with Crippen molar-refractivity contribution >= 4 is 36.2 Å². The van der Waals surface area contributed by atoms with Crippen LogP contribution in [0.15, 0.2) is 0 Å². The Labute approximate surface area is 295 Å². The Morgan fingerprint density at radius 1 is 0.750 bits per heavy atom. The molecule has 0 aromatic carbocycles. The van der Waals surface area contributed by atoms with Gasteiger partial charge in [0.1, 0.15) is 0 Å². The average Bonchev–Trinajstić information content (AvgIpc) is 1.74. The van der Waals surface area contributed by atoms with Gasteiger partial charge in [0.15, 0.2) is 17.6 Å². The van der Waals surface area contributed by atoms with E-state index in [1.807, 2.05) is 0 Å². The van der Waals surface area contributed by atoms with Crippen molar-refractivity contribution in [2.75, 3.05) is 0 Å². The average molecular weight is 459 g/mol. The summed E-state index contributed by atoms with van der Waals surface area (Å²) >= 11 is 0. The van der Waals surface area contributed by atoms with Crippen molar-refractivity contribution in [2.45, 2.75) is 26.2 Å². The zero-order valence-electron chi connectivity index (χ0n) is 13.3. The van der Waals surface area contributed by atoms with Crippen LogP contribution in [0.2, 0.25) is 26.2 Å². The monoisotopic (exact) mass is 458 g/mol. The van der Waals surface area contributed by atoms with Gasteiger partial charge in [0.25, 0.3) is 0 Å². The van der Waals surface area contributed by atoms with Crippen LogP contribution in [0.1, 0.15) is 0 Å². The number of hydrogen-bond donors (Lipinski definition) is 0. The molecule has 20 heavy (non-hydrogen) atoms. The molecule has 0 spiro atoms. The molecule has 0 amide bonds. The van der Waals surface area contributed by atoms with Gasteiger partial charge in [0, 0.05) is 0 Å². The van der Waals surface area contributed by atoms with Crippen molar-refractivity contribution in [3.05, 3.63) is 0 Å². The normalized spacial score (nSPS) is 30.3. The minimum Gasteiger partial charge on any atom is -0.870 e. The fraction of sp³-hybridized carbons (Fsp3) is 1.00. The second-order valence-electron chi connectivity index (χ2n) is 3.12. The van der Waals surface area contributed by atoms with E-state index >= 15 is 0 Å². The van der Waals surface area contributed by atoms with Crippen LogP contribution >= 0.6 is 0 Å². The van der Waals surface area contributed by atoms with E-state index in [0.29, 0.717) is 0 Å². The zero-order chi connectivity index (χ0) is 11.0. The Kier molecular flexibility index (Phi) is 40.2. The summed E-state index contributed by atoms with van der Waals surface area (Å²) in [6.07, 6.45) is 0. The molecular weight excluding hydrogens is 445 g/mol. The Morgan fingerprint density at radius 2 is 1.00 bits per heavy atom. The predicted molar refractivity (Wildman–Crippen MR) is 54.7 cm³/mol. The second kappa shape index (κ2) is 19.4. The zero-order valence-corrected chi connectivity index (χ0v) is 29.8. The summed E-state index contributed by atoms with van der Waals surface area (Å²) in [5.41, 5.74) is 0. The quantitative estimate of drug-likeness (QED) is 0.325. The van der Waals surface area contributed by atoms with E-state index in [0.717, 1.165) is 0 Å². The van der Waals surface area contributed by atoms with Crippen LogP contribution in [-0.4, -0.2) is 47.1 Å². The van der Waals surface area contributed by atoms with E-state index in [1.165, 1.54) is 13.1 Å². The summed E-state index contributed by atoms with van der Waals surface area (Å²) in [5.74, 6) is 0. The molecule has 2 unspecified atom stereocenters. The minimum atomic E-state index is -3.59. The van der Waals surface area contributed by atoms with E-state index in [-0.39, 0.29) is 216 Å². The van der Waals surface area contributed by atoms with E-state index in [2.05, 4.69) is 0 Å². The Hall–Kier alpha value is 7.09. The first-order valence-electron chi connectivity index (χ1n) is 4.04. The van der Waals surface area contributed by atoms with Gasteiger partial charge in [-0.15, -0.1) is 13.1 Å². The molecule has 8 nitrogen and oxygen atoms in total. The van der Waals surface area contributed by atoms with Gasteiger partial charge in [0.2, 0.25) is 0 Å². The number of rotatable bonds is 0. The maximum Gasteiger partial charge on any atom is 1.00 e. The third-order valence-corrected chi connectivity index (χ3v) is 11.8. The third-order valence-electron chi connectivity index (χ3n) is 1.32. The maximum absolute atomic E-state index is 11.6. The van der Waals surface area contributed by atoms with Crippen LogP contribution in [0.25, 0.3) is 0 Å². The van der Waals surface area contributed by atoms with Crippen LogP contribution in [-0.2, 0) is 16.5 Å². The van der Waals surface area contributed by atoms with Crippen LogP contribution in [0.3, 0.4) is 0 Å². The van der Waals surface area contributed by atoms with E-state index < -0.39 is 36.2 Å². The van der Waals surface area contributed by atoms with Crippen molar-refractivity contribution in [2.24, 2.45) is 0 Å². The van der Waals surface area contributed by atoms with Crippen molar-refractivity contribution in [1.29, 1.82) is 0 Å². The summed E-state index contributed by atoms with van der Waals surface area (Å²) in [6, 6.07) is 0. The fourth-order valence-corrected chi connectivity index (χ4v) is 11.8. The molecule has 2 atom stereocenters. The van der Waals surface area contributed by atoms with Crippen LogP contribution in [0.5, 0.6) is 0 Å². The van der Waals surface area contributed by atoms with E-state index in [4.69, 9.17) is 16.5 Å². The van der Waals surface area contributed by atoms with Crippen molar-refractivity contribution < 1.29 is 243 Å². The molecule has 1 aliphatic rings. The topological polar surface area (TPSA) is 143 Å².